The van der Waals surface area contributed by atoms with Gasteiger partial charge in [-0.2, -0.15) is 4.89 Å². The van der Waals surface area contributed by atoms with Gasteiger partial charge in [-0.25, -0.2) is 9.59 Å². The van der Waals surface area contributed by atoms with Crippen LogP contribution in [0.5, 0.6) is 0 Å². The molecule has 0 aliphatic rings. The first-order valence-electron chi connectivity index (χ1n) is 4.38. The second-order valence-electron chi connectivity index (χ2n) is 2.36. The fraction of sp³-hybridized carbons (Fsp3) is 0.750. The lowest BCUT2D eigenvalue weighted by molar-refractivity contribution is -0.251. The standard InChI is InChI=1S/C8H14O6/c1-3-5-11-7(9)13-8(10)14-12-6-4-2/h3-6H2,1-2H3. The molecule has 0 aromatic heterocycles. The Kier molecular flexibility index (Phi) is 7.53. The normalized spacial score (nSPS) is 9.29. The number of rotatable bonds is 5. The number of ether oxygens (including phenoxy) is 2. The van der Waals surface area contributed by atoms with Crippen molar-refractivity contribution in [2.24, 2.45) is 0 Å². The summed E-state index contributed by atoms with van der Waals surface area (Å²) < 4.78 is 8.50. The van der Waals surface area contributed by atoms with Gasteiger partial charge in [0.25, 0.3) is 0 Å². The van der Waals surface area contributed by atoms with E-state index < -0.39 is 12.3 Å². The summed E-state index contributed by atoms with van der Waals surface area (Å²) in [6.07, 6.45) is -0.971. The molecule has 0 atom stereocenters. The van der Waals surface area contributed by atoms with Crippen LogP contribution in [-0.2, 0) is 19.2 Å². The minimum absolute atomic E-state index is 0.196. The molecule has 82 valence electrons. The molecule has 0 aliphatic heterocycles. The Hall–Kier alpha value is -1.30. The van der Waals surface area contributed by atoms with E-state index in [1.165, 1.54) is 0 Å². The van der Waals surface area contributed by atoms with E-state index in [0.717, 1.165) is 0 Å². The van der Waals surface area contributed by atoms with Crippen LogP contribution >= 0.6 is 0 Å². The van der Waals surface area contributed by atoms with Crippen LogP contribution < -0.4 is 0 Å². The smallest absolute Gasteiger partial charge is 0.434 e. The molecule has 0 heterocycles. The molecule has 0 N–H and O–H groups in total. The van der Waals surface area contributed by atoms with Crippen molar-refractivity contribution in [3.63, 3.8) is 0 Å². The molecule has 0 saturated carbocycles. The summed E-state index contributed by atoms with van der Waals surface area (Å²) in [5.41, 5.74) is 0. The summed E-state index contributed by atoms with van der Waals surface area (Å²) in [6.45, 7) is 4.10. The highest BCUT2D eigenvalue weighted by Crippen LogP contribution is 1.93. The van der Waals surface area contributed by atoms with Gasteiger partial charge in [-0.3, -0.25) is 4.89 Å². The third kappa shape index (κ3) is 7.35. The lowest BCUT2D eigenvalue weighted by Gasteiger charge is -2.02. The maximum Gasteiger partial charge on any atom is 0.550 e. The Labute approximate surface area is 82.0 Å². The van der Waals surface area contributed by atoms with Crippen molar-refractivity contribution in [3.8, 4) is 0 Å². The van der Waals surface area contributed by atoms with Gasteiger partial charge in [0.1, 0.15) is 0 Å². The minimum atomic E-state index is -1.22. The molecule has 6 nitrogen and oxygen atoms in total. The van der Waals surface area contributed by atoms with Crippen LogP contribution in [0.4, 0.5) is 9.59 Å². The van der Waals surface area contributed by atoms with E-state index >= 15 is 0 Å². The number of carbonyl (C=O) groups excluding carboxylic acids is 2. The maximum atomic E-state index is 10.6. The molecule has 0 spiro atoms. The van der Waals surface area contributed by atoms with Crippen LogP contribution in [0.1, 0.15) is 26.7 Å². The van der Waals surface area contributed by atoms with Gasteiger partial charge in [0, 0.05) is 0 Å². The predicted molar refractivity (Wildman–Crippen MR) is 45.4 cm³/mol. The van der Waals surface area contributed by atoms with Crippen LogP contribution in [0, 0.1) is 0 Å². The van der Waals surface area contributed by atoms with E-state index in [4.69, 9.17) is 0 Å². The van der Waals surface area contributed by atoms with Gasteiger partial charge in [-0.15, -0.1) is 0 Å². The van der Waals surface area contributed by atoms with Crippen LogP contribution in [0.15, 0.2) is 0 Å². The quantitative estimate of drug-likeness (QED) is 0.225. The first-order chi connectivity index (χ1) is 6.70. The van der Waals surface area contributed by atoms with Gasteiger partial charge in [0.05, 0.1) is 13.2 Å². The predicted octanol–water partition coefficient (Wildman–Crippen LogP) is 2.03. The fourth-order valence-corrected chi connectivity index (χ4v) is 0.473. The molecular weight excluding hydrogens is 192 g/mol. The lowest BCUT2D eigenvalue weighted by Crippen LogP contribution is -2.15. The Morgan fingerprint density at radius 1 is 1.00 bits per heavy atom. The minimum Gasteiger partial charge on any atom is -0.434 e. The summed E-state index contributed by atoms with van der Waals surface area (Å²) in [5.74, 6) is 0. The van der Waals surface area contributed by atoms with Crippen molar-refractivity contribution in [2.75, 3.05) is 13.2 Å². The Morgan fingerprint density at radius 2 is 1.64 bits per heavy atom. The second-order valence-corrected chi connectivity index (χ2v) is 2.36. The topological polar surface area (TPSA) is 71.1 Å². The van der Waals surface area contributed by atoms with E-state index in [2.05, 4.69) is 19.2 Å². The highest BCUT2D eigenvalue weighted by Gasteiger charge is 2.13. The average molecular weight is 206 g/mol. The first-order valence-corrected chi connectivity index (χ1v) is 4.38. The Balaban J connectivity index is 3.45. The summed E-state index contributed by atoms with van der Waals surface area (Å²) >= 11 is 0. The molecule has 0 bridgehead atoms. The van der Waals surface area contributed by atoms with Gasteiger partial charge in [-0.05, 0) is 12.8 Å². The Morgan fingerprint density at radius 3 is 2.21 bits per heavy atom. The molecule has 0 radical (unpaired) electrons. The summed E-state index contributed by atoms with van der Waals surface area (Å²) in [6, 6.07) is 0. The summed E-state index contributed by atoms with van der Waals surface area (Å²) in [7, 11) is 0. The van der Waals surface area contributed by atoms with E-state index in [-0.39, 0.29) is 13.2 Å². The van der Waals surface area contributed by atoms with Crippen molar-refractivity contribution in [1.82, 2.24) is 0 Å². The molecule has 0 aromatic rings. The zero-order valence-corrected chi connectivity index (χ0v) is 8.28. The van der Waals surface area contributed by atoms with Gasteiger partial charge >= 0.3 is 12.3 Å². The van der Waals surface area contributed by atoms with Gasteiger partial charge < -0.3 is 9.47 Å². The average Bonchev–Trinajstić information content (AvgIpc) is 2.15. The third-order valence-electron chi connectivity index (χ3n) is 1.01. The van der Waals surface area contributed by atoms with Crippen molar-refractivity contribution in [2.45, 2.75) is 26.7 Å². The van der Waals surface area contributed by atoms with E-state index in [1.54, 1.807) is 0 Å². The van der Waals surface area contributed by atoms with Gasteiger partial charge in [0.15, 0.2) is 0 Å². The second kappa shape index (κ2) is 8.31. The van der Waals surface area contributed by atoms with Crippen LogP contribution in [0.2, 0.25) is 0 Å². The molecule has 0 rings (SSSR count). The van der Waals surface area contributed by atoms with E-state index in [1.807, 2.05) is 13.8 Å². The molecular formula is C8H14O6. The van der Waals surface area contributed by atoms with Crippen molar-refractivity contribution >= 4 is 12.3 Å². The molecule has 0 saturated heterocycles. The van der Waals surface area contributed by atoms with Crippen molar-refractivity contribution in [3.05, 3.63) is 0 Å². The first kappa shape index (κ1) is 12.7. The SMILES string of the molecule is CCCOOC(=O)OC(=O)OCCC. The monoisotopic (exact) mass is 206 g/mol. The van der Waals surface area contributed by atoms with Crippen LogP contribution in [0.25, 0.3) is 0 Å². The van der Waals surface area contributed by atoms with Gasteiger partial charge in [-0.1, -0.05) is 13.8 Å². The molecule has 0 unspecified atom stereocenters. The van der Waals surface area contributed by atoms with Crippen LogP contribution in [-0.4, -0.2) is 25.5 Å². The highest BCUT2D eigenvalue weighted by molar-refractivity contribution is 5.76. The largest absolute Gasteiger partial charge is 0.550 e. The number of hydrogen-bond donors (Lipinski definition) is 0. The van der Waals surface area contributed by atoms with Crippen molar-refractivity contribution < 1.29 is 28.8 Å². The van der Waals surface area contributed by atoms with Crippen LogP contribution in [0.3, 0.4) is 0 Å². The summed E-state index contributed by atoms with van der Waals surface area (Å²) in [4.78, 5) is 29.7. The molecule has 0 fully saturated rings. The molecule has 0 aliphatic carbocycles. The molecule has 6 heteroatoms. The number of hydrogen-bond acceptors (Lipinski definition) is 6. The maximum absolute atomic E-state index is 10.6. The lowest BCUT2D eigenvalue weighted by atomic mass is 10.5. The highest BCUT2D eigenvalue weighted by atomic mass is 17.2. The van der Waals surface area contributed by atoms with Crippen molar-refractivity contribution in [1.29, 1.82) is 0 Å². The van der Waals surface area contributed by atoms with E-state index in [0.29, 0.717) is 12.8 Å². The zero-order valence-electron chi connectivity index (χ0n) is 8.28. The molecule has 0 amide bonds. The fourth-order valence-electron chi connectivity index (χ4n) is 0.473. The molecule has 14 heavy (non-hydrogen) atoms. The third-order valence-corrected chi connectivity index (χ3v) is 1.01. The van der Waals surface area contributed by atoms with Gasteiger partial charge in [0.2, 0.25) is 0 Å². The molecule has 0 aromatic carbocycles. The van der Waals surface area contributed by atoms with E-state index in [9.17, 15) is 9.59 Å². The summed E-state index contributed by atoms with van der Waals surface area (Å²) in [5, 5.41) is 0. The Bertz CT molecular complexity index is 179. The number of carbonyl (C=O) groups is 2. The zero-order chi connectivity index (χ0) is 10.8.